The van der Waals surface area contributed by atoms with Gasteiger partial charge in [0.25, 0.3) is 0 Å². The minimum atomic E-state index is 0.778. The van der Waals surface area contributed by atoms with Crippen molar-refractivity contribution in [1.29, 1.82) is 0 Å². The van der Waals surface area contributed by atoms with Crippen LogP contribution in [-0.2, 0) is 4.84 Å². The molecule has 15 heavy (non-hydrogen) atoms. The molecule has 0 amide bonds. The molecule has 0 saturated carbocycles. The predicted molar refractivity (Wildman–Crippen MR) is 52.1 cm³/mol. The van der Waals surface area contributed by atoms with Crippen LogP contribution < -0.4 is 0 Å². The van der Waals surface area contributed by atoms with Gasteiger partial charge < -0.3 is 13.9 Å². The maximum absolute atomic E-state index is 4.51. The minimum Gasteiger partial charge on any atom is -0.396 e. The van der Waals surface area contributed by atoms with Crippen molar-refractivity contribution < 1.29 is 13.9 Å². The van der Waals surface area contributed by atoms with Crippen molar-refractivity contribution in [2.75, 3.05) is 6.61 Å². The molecule has 3 rings (SSSR count). The van der Waals surface area contributed by atoms with E-state index in [1.54, 1.807) is 30.7 Å². The summed E-state index contributed by atoms with van der Waals surface area (Å²) >= 11 is 0. The average Bonchev–Trinajstić information content (AvgIpc) is 3.09. The first-order valence-corrected chi connectivity index (χ1v) is 4.32. The third-order valence-electron chi connectivity index (χ3n) is 1.18. The van der Waals surface area contributed by atoms with Crippen LogP contribution in [0.5, 0.6) is 0 Å². The molecule has 0 unspecified atom stereocenters. The molecule has 0 N–H and O–H groups in total. The smallest absolute Gasteiger partial charge is 0.123 e. The van der Waals surface area contributed by atoms with E-state index in [1.165, 1.54) is 12.5 Å². The molecule has 80 valence electrons. The molecule has 2 aromatic rings. The van der Waals surface area contributed by atoms with Crippen molar-refractivity contribution in [1.82, 2.24) is 10.3 Å². The van der Waals surface area contributed by atoms with E-state index in [0.717, 1.165) is 13.0 Å². The van der Waals surface area contributed by atoms with Crippen molar-refractivity contribution in [2.45, 2.75) is 6.42 Å². The van der Waals surface area contributed by atoms with Crippen LogP contribution in [0.3, 0.4) is 0 Å². The van der Waals surface area contributed by atoms with Gasteiger partial charge in [-0.3, -0.25) is 0 Å². The lowest BCUT2D eigenvalue weighted by atomic mass is 10.5. The second-order valence-corrected chi connectivity index (χ2v) is 2.29. The van der Waals surface area contributed by atoms with Crippen LogP contribution in [0.4, 0.5) is 0 Å². The molecule has 0 saturated heterocycles. The van der Waals surface area contributed by atoms with Gasteiger partial charge in [-0.15, -0.1) is 0 Å². The van der Waals surface area contributed by atoms with Gasteiger partial charge in [0.05, 0.1) is 12.4 Å². The highest BCUT2D eigenvalue weighted by Gasteiger charge is 1.86. The first-order chi connectivity index (χ1) is 7.50. The van der Waals surface area contributed by atoms with Crippen LogP contribution in [0.2, 0.25) is 0 Å². The first kappa shape index (κ1) is 11.0. The summed E-state index contributed by atoms with van der Waals surface area (Å²) in [6.07, 6.45) is 8.94. The number of nitrogens with zero attached hydrogens (tertiary/aromatic N) is 3. The lowest BCUT2D eigenvalue weighted by molar-refractivity contribution is 0.174. The van der Waals surface area contributed by atoms with Crippen LogP contribution in [0.25, 0.3) is 0 Å². The van der Waals surface area contributed by atoms with Gasteiger partial charge in [0.15, 0.2) is 0 Å². The Morgan fingerprint density at radius 2 is 1.60 bits per heavy atom. The van der Waals surface area contributed by atoms with Crippen LogP contribution in [-0.4, -0.2) is 23.1 Å². The molecule has 0 fully saturated rings. The normalized spacial score (nSPS) is 11.7. The monoisotopic (exact) mass is 209 g/mol. The zero-order valence-electron chi connectivity index (χ0n) is 8.02. The predicted octanol–water partition coefficient (Wildman–Crippen LogP) is 1.74. The van der Waals surface area contributed by atoms with Crippen molar-refractivity contribution in [3.8, 4) is 0 Å². The molecule has 0 spiro atoms. The van der Waals surface area contributed by atoms with E-state index in [4.69, 9.17) is 0 Å². The van der Waals surface area contributed by atoms with Gasteiger partial charge in [0.1, 0.15) is 19.1 Å². The summed E-state index contributed by atoms with van der Waals surface area (Å²) in [5.41, 5.74) is 0. The molecule has 6 nitrogen and oxygen atoms in total. The number of hydrogen-bond acceptors (Lipinski definition) is 6. The molecule has 6 heteroatoms. The molecule has 0 radical (unpaired) electrons. The molecule has 0 atom stereocenters. The highest BCUT2D eigenvalue weighted by atomic mass is 16.6. The Balaban J connectivity index is 0.000000112. The molecule has 2 aromatic heterocycles. The first-order valence-electron chi connectivity index (χ1n) is 4.32. The zero-order chi connectivity index (χ0) is 10.6. The SMILES string of the molecule is C1=NOCC1.c1cnoc1.c1cnoc1. The number of oxime groups is 1. The van der Waals surface area contributed by atoms with Crippen molar-refractivity contribution >= 4 is 6.21 Å². The molecule has 0 aromatic carbocycles. The van der Waals surface area contributed by atoms with E-state index in [1.807, 2.05) is 0 Å². The molecule has 0 bridgehead atoms. The highest BCUT2D eigenvalue weighted by Crippen LogP contribution is 1.86. The van der Waals surface area contributed by atoms with E-state index in [2.05, 4.69) is 29.4 Å². The fourth-order valence-corrected chi connectivity index (χ4v) is 0.615. The Morgan fingerprint density at radius 3 is 1.73 bits per heavy atom. The summed E-state index contributed by atoms with van der Waals surface area (Å²) in [5.74, 6) is 0. The summed E-state index contributed by atoms with van der Waals surface area (Å²) in [7, 11) is 0. The van der Waals surface area contributed by atoms with Crippen LogP contribution in [0.15, 0.2) is 51.3 Å². The fourth-order valence-electron chi connectivity index (χ4n) is 0.615. The van der Waals surface area contributed by atoms with Crippen molar-refractivity contribution in [2.24, 2.45) is 5.16 Å². The van der Waals surface area contributed by atoms with Gasteiger partial charge in [-0.1, -0.05) is 15.5 Å². The van der Waals surface area contributed by atoms with E-state index >= 15 is 0 Å². The molecule has 3 heterocycles. The quantitative estimate of drug-likeness (QED) is 0.660. The van der Waals surface area contributed by atoms with Gasteiger partial charge in [0.2, 0.25) is 0 Å². The summed E-state index contributed by atoms with van der Waals surface area (Å²) in [6, 6.07) is 3.44. The third kappa shape index (κ3) is 7.00. The van der Waals surface area contributed by atoms with Gasteiger partial charge in [-0.2, -0.15) is 0 Å². The Labute approximate surface area is 86.5 Å². The summed E-state index contributed by atoms with van der Waals surface area (Å²) in [5, 5.41) is 10.2. The van der Waals surface area contributed by atoms with E-state index in [9.17, 15) is 0 Å². The van der Waals surface area contributed by atoms with Gasteiger partial charge >= 0.3 is 0 Å². The number of hydrogen-bond donors (Lipinski definition) is 0. The average molecular weight is 209 g/mol. The van der Waals surface area contributed by atoms with Crippen molar-refractivity contribution in [3.63, 3.8) is 0 Å². The minimum absolute atomic E-state index is 0.778. The highest BCUT2D eigenvalue weighted by molar-refractivity contribution is 5.57. The Kier molecular flexibility index (Phi) is 6.21. The molecule has 0 aliphatic carbocycles. The van der Waals surface area contributed by atoms with E-state index in [-0.39, 0.29) is 0 Å². The summed E-state index contributed by atoms with van der Waals surface area (Å²) in [6.45, 7) is 0.778. The second kappa shape index (κ2) is 8.49. The molecular weight excluding hydrogens is 198 g/mol. The lowest BCUT2D eigenvalue weighted by Crippen LogP contribution is -1.72. The molecular formula is C9H11N3O3. The van der Waals surface area contributed by atoms with Gasteiger partial charge in [0, 0.05) is 12.6 Å². The van der Waals surface area contributed by atoms with E-state index in [0.29, 0.717) is 0 Å². The van der Waals surface area contributed by atoms with Crippen LogP contribution >= 0.6 is 0 Å². The Hall–Kier alpha value is -2.11. The maximum Gasteiger partial charge on any atom is 0.123 e. The standard InChI is InChI=1S/C3H5NO.2C3H3NO/c3*1-2-4-5-3-1/h2H,1,3H2;2*1-3H. The van der Waals surface area contributed by atoms with Crippen LogP contribution in [0, 0.1) is 0 Å². The lowest BCUT2D eigenvalue weighted by Gasteiger charge is -1.76. The molecule has 1 aliphatic heterocycles. The number of rotatable bonds is 0. The summed E-state index contributed by atoms with van der Waals surface area (Å²) in [4.78, 5) is 4.51. The van der Waals surface area contributed by atoms with Crippen molar-refractivity contribution in [3.05, 3.63) is 37.1 Å². The van der Waals surface area contributed by atoms with E-state index < -0.39 is 0 Å². The van der Waals surface area contributed by atoms with Crippen LogP contribution in [0.1, 0.15) is 6.42 Å². The number of aromatic nitrogens is 2. The Bertz CT molecular complexity index is 252. The Morgan fingerprint density at radius 1 is 0.933 bits per heavy atom. The topological polar surface area (TPSA) is 73.7 Å². The van der Waals surface area contributed by atoms with Gasteiger partial charge in [-0.25, -0.2) is 0 Å². The second-order valence-electron chi connectivity index (χ2n) is 2.29. The molecule has 1 aliphatic rings. The zero-order valence-corrected chi connectivity index (χ0v) is 8.02. The third-order valence-corrected chi connectivity index (χ3v) is 1.18. The summed E-state index contributed by atoms with van der Waals surface area (Å²) < 4.78 is 8.67. The van der Waals surface area contributed by atoms with Gasteiger partial charge in [-0.05, 0) is 12.1 Å². The fraction of sp³-hybridized carbons (Fsp3) is 0.222. The maximum atomic E-state index is 4.51. The largest absolute Gasteiger partial charge is 0.396 e.